The van der Waals surface area contributed by atoms with Crippen LogP contribution in [0.2, 0.25) is 23.3 Å². The van der Waals surface area contributed by atoms with Gasteiger partial charge in [0.05, 0.1) is 11.8 Å². The van der Waals surface area contributed by atoms with E-state index in [1.165, 1.54) is 11.1 Å². The lowest BCUT2D eigenvalue weighted by molar-refractivity contribution is 0.181. The molecule has 0 fully saturated rings. The van der Waals surface area contributed by atoms with E-state index in [0.29, 0.717) is 5.15 Å². The molecule has 19 heavy (non-hydrogen) atoms. The van der Waals surface area contributed by atoms with Crippen LogP contribution in [0, 0.1) is 6.92 Å². The van der Waals surface area contributed by atoms with Gasteiger partial charge in [0, 0.05) is 0 Å². The van der Waals surface area contributed by atoms with Crippen LogP contribution in [0.4, 0.5) is 0 Å². The van der Waals surface area contributed by atoms with Crippen molar-refractivity contribution in [1.82, 2.24) is 4.98 Å². The van der Waals surface area contributed by atoms with E-state index in [2.05, 4.69) is 45.8 Å². The molecule has 0 saturated heterocycles. The minimum atomic E-state index is -1.76. The third-order valence-electron chi connectivity index (χ3n) is 4.55. The smallest absolute Gasteiger partial charge is 0.192 e. The monoisotopic (exact) mass is 297 g/mol. The summed E-state index contributed by atoms with van der Waals surface area (Å²) in [5, 5.41) is 0.811. The quantitative estimate of drug-likeness (QED) is 0.563. The third kappa shape index (κ3) is 2.88. The van der Waals surface area contributed by atoms with Gasteiger partial charge >= 0.3 is 0 Å². The van der Waals surface area contributed by atoms with E-state index in [-0.39, 0.29) is 11.1 Å². The average Bonchev–Trinajstić information content (AvgIpc) is 2.59. The lowest BCUT2D eigenvalue weighted by atomic mass is 10.1. The van der Waals surface area contributed by atoms with Crippen LogP contribution in [0.3, 0.4) is 0 Å². The van der Waals surface area contributed by atoms with Crippen molar-refractivity contribution in [3.8, 4) is 0 Å². The Morgan fingerprint density at radius 3 is 2.58 bits per heavy atom. The number of halogens is 1. The first-order valence-corrected chi connectivity index (χ1v) is 10.2. The molecule has 2 nitrogen and oxygen atoms in total. The summed E-state index contributed by atoms with van der Waals surface area (Å²) in [5.74, 6) is 0. The molecule has 0 aromatic carbocycles. The predicted octanol–water partition coefficient (Wildman–Crippen LogP) is 5.05. The van der Waals surface area contributed by atoms with Crippen LogP contribution in [0.15, 0.2) is 6.07 Å². The Hall–Kier alpha value is -0.383. The molecule has 0 bridgehead atoms. The van der Waals surface area contributed by atoms with E-state index in [1.807, 2.05) is 6.07 Å². The molecule has 4 heteroatoms. The van der Waals surface area contributed by atoms with Crippen LogP contribution < -0.4 is 0 Å². The summed E-state index contributed by atoms with van der Waals surface area (Å²) in [6.07, 6.45) is 2.23. The molecule has 0 spiro atoms. The normalized spacial score (nSPS) is 19.6. The topological polar surface area (TPSA) is 22.1 Å². The van der Waals surface area contributed by atoms with Gasteiger partial charge in [0.15, 0.2) is 8.32 Å². The molecular weight excluding hydrogens is 274 g/mol. The molecule has 0 aliphatic heterocycles. The van der Waals surface area contributed by atoms with Crippen molar-refractivity contribution < 1.29 is 4.43 Å². The Morgan fingerprint density at radius 2 is 2.00 bits per heavy atom. The van der Waals surface area contributed by atoms with Crippen molar-refractivity contribution in [3.63, 3.8) is 0 Å². The fourth-order valence-corrected chi connectivity index (χ4v) is 3.88. The second-order valence-electron chi connectivity index (χ2n) is 7.03. The molecule has 106 valence electrons. The Balaban J connectivity index is 2.29. The maximum atomic E-state index is 6.52. The highest BCUT2D eigenvalue weighted by Crippen LogP contribution is 2.43. The molecule has 1 aliphatic carbocycles. The van der Waals surface area contributed by atoms with Gasteiger partial charge in [-0.25, -0.2) is 4.98 Å². The van der Waals surface area contributed by atoms with E-state index < -0.39 is 8.32 Å². The number of pyridine rings is 1. The molecule has 0 unspecified atom stereocenters. The first-order valence-electron chi connectivity index (χ1n) is 6.95. The van der Waals surface area contributed by atoms with Crippen LogP contribution in [-0.2, 0) is 10.8 Å². The van der Waals surface area contributed by atoms with Crippen molar-refractivity contribution in [2.75, 3.05) is 0 Å². The van der Waals surface area contributed by atoms with Crippen molar-refractivity contribution in [3.05, 3.63) is 28.0 Å². The predicted molar refractivity (Wildman–Crippen MR) is 83.3 cm³/mol. The van der Waals surface area contributed by atoms with Gasteiger partial charge in [-0.15, -0.1) is 0 Å². The molecule has 0 amide bonds. The fourth-order valence-electron chi connectivity index (χ4n) is 2.33. The van der Waals surface area contributed by atoms with Gasteiger partial charge in [-0.2, -0.15) is 0 Å². The average molecular weight is 298 g/mol. The van der Waals surface area contributed by atoms with Crippen LogP contribution in [0.25, 0.3) is 0 Å². The summed E-state index contributed by atoms with van der Waals surface area (Å²) in [5.41, 5.74) is 3.67. The maximum absolute atomic E-state index is 6.52. The first-order chi connectivity index (χ1) is 8.62. The van der Waals surface area contributed by atoms with E-state index in [1.54, 1.807) is 0 Å². The zero-order valence-electron chi connectivity index (χ0n) is 12.8. The van der Waals surface area contributed by atoms with Crippen LogP contribution in [0.5, 0.6) is 0 Å². The summed E-state index contributed by atoms with van der Waals surface area (Å²) in [6.45, 7) is 13.5. The largest absolute Gasteiger partial charge is 0.408 e. The number of aryl methyl sites for hydroxylation is 1. The lowest BCUT2D eigenvalue weighted by Gasteiger charge is -2.38. The summed E-state index contributed by atoms with van der Waals surface area (Å²) >= 11 is 6.10. The molecule has 1 heterocycles. The molecule has 2 rings (SSSR count). The van der Waals surface area contributed by atoms with E-state index >= 15 is 0 Å². The molecular formula is C15H24ClNOSi. The number of aromatic nitrogens is 1. The Morgan fingerprint density at radius 1 is 1.37 bits per heavy atom. The molecule has 1 aliphatic rings. The van der Waals surface area contributed by atoms with Crippen LogP contribution >= 0.6 is 11.6 Å². The van der Waals surface area contributed by atoms with Crippen molar-refractivity contribution in [1.29, 1.82) is 0 Å². The molecule has 1 aromatic heterocycles. The maximum Gasteiger partial charge on any atom is 0.192 e. The Labute approximate surface area is 122 Å². The number of nitrogens with zero attached hydrogens (tertiary/aromatic N) is 1. The summed E-state index contributed by atoms with van der Waals surface area (Å²) in [4.78, 5) is 4.52. The van der Waals surface area contributed by atoms with Gasteiger partial charge in [-0.1, -0.05) is 32.4 Å². The molecule has 1 aromatic rings. The minimum absolute atomic E-state index is 0.133. The van der Waals surface area contributed by atoms with Gasteiger partial charge in [-0.3, -0.25) is 0 Å². The third-order valence-corrected chi connectivity index (χ3v) is 9.23. The van der Waals surface area contributed by atoms with Gasteiger partial charge < -0.3 is 4.43 Å². The Kier molecular flexibility index (Phi) is 3.85. The van der Waals surface area contributed by atoms with E-state index in [4.69, 9.17) is 16.0 Å². The second-order valence-corrected chi connectivity index (χ2v) is 12.2. The zero-order valence-corrected chi connectivity index (χ0v) is 14.6. The molecule has 1 atom stereocenters. The highest BCUT2D eigenvalue weighted by molar-refractivity contribution is 6.74. The van der Waals surface area contributed by atoms with Crippen molar-refractivity contribution >= 4 is 19.9 Å². The lowest BCUT2D eigenvalue weighted by Crippen LogP contribution is -2.41. The minimum Gasteiger partial charge on any atom is -0.408 e. The summed E-state index contributed by atoms with van der Waals surface area (Å²) < 4.78 is 6.52. The van der Waals surface area contributed by atoms with Gasteiger partial charge in [0.1, 0.15) is 5.15 Å². The SMILES string of the molecule is Cc1cc(Cl)nc2c1CC[C@@H]2O[Si](C)(C)C(C)(C)C. The zero-order chi connectivity index (χ0) is 14.4. The highest BCUT2D eigenvalue weighted by atomic mass is 35.5. The van der Waals surface area contributed by atoms with E-state index in [9.17, 15) is 0 Å². The Bertz CT molecular complexity index is 494. The molecule has 0 radical (unpaired) electrons. The molecule has 0 saturated carbocycles. The number of hydrogen-bond donors (Lipinski definition) is 0. The van der Waals surface area contributed by atoms with E-state index in [0.717, 1.165) is 18.5 Å². The fraction of sp³-hybridized carbons (Fsp3) is 0.667. The van der Waals surface area contributed by atoms with Gasteiger partial charge in [0.2, 0.25) is 0 Å². The standard InChI is InChI=1S/C15H24ClNOSi/c1-10-9-13(16)17-14-11(10)7-8-12(14)18-19(5,6)15(2,3)4/h9,12H,7-8H2,1-6H3/t12-/m0/s1. The highest BCUT2D eigenvalue weighted by Gasteiger charge is 2.41. The molecule has 0 N–H and O–H groups in total. The summed E-state index contributed by atoms with van der Waals surface area (Å²) in [7, 11) is -1.76. The second kappa shape index (κ2) is 4.87. The van der Waals surface area contributed by atoms with Gasteiger partial charge in [0.25, 0.3) is 0 Å². The first kappa shape index (κ1) is 15.0. The number of rotatable bonds is 2. The number of hydrogen-bond acceptors (Lipinski definition) is 2. The van der Waals surface area contributed by atoms with Crippen LogP contribution in [-0.4, -0.2) is 13.3 Å². The van der Waals surface area contributed by atoms with Crippen molar-refractivity contribution in [2.24, 2.45) is 0 Å². The van der Waals surface area contributed by atoms with Crippen LogP contribution in [0.1, 0.15) is 50.1 Å². The number of fused-ring (bicyclic) bond motifs is 1. The van der Waals surface area contributed by atoms with Gasteiger partial charge in [-0.05, 0) is 55.1 Å². The van der Waals surface area contributed by atoms with Crippen molar-refractivity contribution in [2.45, 2.75) is 64.8 Å². The summed E-state index contributed by atoms with van der Waals surface area (Å²) in [6, 6.07) is 1.95.